The van der Waals surface area contributed by atoms with Gasteiger partial charge in [-0.2, -0.15) is 5.26 Å². The number of allylic oxidation sites excluding steroid dienone is 6. The number of hydrogen-bond acceptors (Lipinski definition) is 6. The molecule has 0 saturated carbocycles. The molecule has 2 heterocycles. The molecule has 0 spiro atoms. The van der Waals surface area contributed by atoms with E-state index in [1.807, 2.05) is 12.1 Å². The fourth-order valence-electron chi connectivity index (χ4n) is 21.3. The summed E-state index contributed by atoms with van der Waals surface area (Å²) in [7, 11) is 0. The van der Waals surface area contributed by atoms with Gasteiger partial charge in [0.15, 0.2) is 0 Å². The number of aromatic nitrogens is 2. The molecule has 0 bridgehead atoms. The summed E-state index contributed by atoms with van der Waals surface area (Å²) in [5.41, 5.74) is 35.8. The zero-order valence-electron chi connectivity index (χ0n) is 79.0. The number of nitrogens with zero attached hydrogens (tertiary/aromatic N) is 6. The Morgan fingerprint density at radius 2 is 0.546 bits per heavy atom. The van der Waals surface area contributed by atoms with Crippen molar-refractivity contribution in [1.82, 2.24) is 9.13 Å². The van der Waals surface area contributed by atoms with Crippen LogP contribution in [0.2, 0.25) is 0 Å². The minimum Gasteiger partial charge on any atom is -0.494 e. The molecule has 0 fully saturated rings. The van der Waals surface area contributed by atoms with Crippen molar-refractivity contribution in [3.8, 4) is 28.9 Å². The van der Waals surface area contributed by atoms with E-state index in [1.54, 1.807) is 0 Å². The Morgan fingerprint density at radius 1 is 0.262 bits per heavy atom. The number of ether oxygens (including phenoxy) is 2. The molecule has 686 valence electrons. The summed E-state index contributed by atoms with van der Waals surface area (Å²) in [4.78, 5) is 7.00. The third-order valence-corrected chi connectivity index (χ3v) is 28.0. The average Bonchev–Trinajstić information content (AvgIpc) is 1.60. The van der Waals surface area contributed by atoms with Crippen LogP contribution in [0.25, 0.3) is 110 Å². The van der Waals surface area contributed by atoms with Crippen molar-refractivity contribution < 1.29 is 9.47 Å². The molecule has 0 N–H and O–H groups in total. The molecule has 2 aromatic heterocycles. The van der Waals surface area contributed by atoms with E-state index in [0.29, 0.717) is 11.5 Å². The van der Waals surface area contributed by atoms with Gasteiger partial charge in [0.2, 0.25) is 0 Å². The summed E-state index contributed by atoms with van der Waals surface area (Å²) in [5.74, 6) is 2.28. The molecule has 19 aromatic carbocycles. The first-order chi connectivity index (χ1) is 69.3. The molecule has 0 radical (unpaired) electrons. The highest BCUT2D eigenvalue weighted by Gasteiger charge is 2.30. The summed E-state index contributed by atoms with van der Waals surface area (Å²) in [5, 5.41) is 19.1. The van der Waals surface area contributed by atoms with Crippen LogP contribution in [-0.4, -0.2) is 22.3 Å². The summed E-state index contributed by atoms with van der Waals surface area (Å²) in [6.45, 7) is 5.72. The van der Waals surface area contributed by atoms with Crippen LogP contribution in [0, 0.1) is 11.3 Å². The van der Waals surface area contributed by atoms with Crippen LogP contribution in [0.1, 0.15) is 136 Å². The SMILES string of the molecule is C.CCCOc1ccc2c3ccccc3n(-c3ccc(C4=C(c5ccc(-n6c7ccccc7c7ccc(OCCC)cc76)cc5)CCC4)cc3)c2c1.N#Cc1ccc(C2=C(c3ccc(N(c4ccc5ccccc5c4)c4ccc5ccccc5c4)cc3)CCC2)cc1.c1ccc(C2CC(c3ccc(N(c4ccccc4)c4ccccc4)cc3)=C(c3ccc(N(c4ccccc4)c4ccccc4)cc3)C2)cc1. The smallest absolute Gasteiger partial charge is 0.121 e. The van der Waals surface area contributed by atoms with Gasteiger partial charge >= 0.3 is 0 Å². The highest BCUT2D eigenvalue weighted by molar-refractivity contribution is 6.11. The van der Waals surface area contributed by atoms with Gasteiger partial charge in [0, 0.05) is 96.2 Å². The molecule has 0 unspecified atom stereocenters. The fourth-order valence-corrected chi connectivity index (χ4v) is 21.3. The first-order valence-electron chi connectivity index (χ1n) is 49.4. The quantitative estimate of drug-likeness (QED) is 0.0601. The van der Waals surface area contributed by atoms with Gasteiger partial charge in [-0.25, -0.2) is 0 Å². The molecule has 0 saturated heterocycles. The zero-order chi connectivity index (χ0) is 94.0. The first-order valence-corrected chi connectivity index (χ1v) is 49.4. The minimum absolute atomic E-state index is 0. The summed E-state index contributed by atoms with van der Waals surface area (Å²) in [6.07, 6.45) is 10.7. The van der Waals surface area contributed by atoms with Crippen LogP contribution in [0.3, 0.4) is 0 Å². The number of anilines is 9. The Bertz CT molecular complexity index is 7670. The second-order valence-corrected chi connectivity index (χ2v) is 36.7. The predicted octanol–water partition coefficient (Wildman–Crippen LogP) is 36.7. The van der Waals surface area contributed by atoms with Gasteiger partial charge in [-0.05, 0) is 346 Å². The Balaban J connectivity index is 0.000000126. The largest absolute Gasteiger partial charge is 0.494 e. The van der Waals surface area contributed by atoms with Crippen molar-refractivity contribution in [3.63, 3.8) is 0 Å². The molecule has 24 rings (SSSR count). The molecular formula is C133H112N6O2. The molecule has 0 aliphatic heterocycles. The lowest BCUT2D eigenvalue weighted by atomic mass is 9.94. The van der Waals surface area contributed by atoms with E-state index in [9.17, 15) is 5.26 Å². The lowest BCUT2D eigenvalue weighted by molar-refractivity contribution is 0.317. The van der Waals surface area contributed by atoms with Crippen LogP contribution < -0.4 is 24.2 Å². The molecule has 3 aliphatic rings. The van der Waals surface area contributed by atoms with Crippen molar-refractivity contribution in [3.05, 3.63) is 512 Å². The summed E-state index contributed by atoms with van der Waals surface area (Å²) < 4.78 is 16.9. The van der Waals surface area contributed by atoms with Gasteiger partial charge in [-0.1, -0.05) is 294 Å². The van der Waals surface area contributed by atoms with Crippen molar-refractivity contribution in [2.75, 3.05) is 27.9 Å². The third kappa shape index (κ3) is 18.9. The van der Waals surface area contributed by atoms with E-state index in [-0.39, 0.29) is 7.43 Å². The Kier molecular flexibility index (Phi) is 26.6. The van der Waals surface area contributed by atoms with Crippen LogP contribution >= 0.6 is 0 Å². The monoisotopic (exact) mass is 1820 g/mol. The normalized spacial score (nSPS) is 13.0. The number of rotatable bonds is 24. The molecule has 3 aliphatic carbocycles. The van der Waals surface area contributed by atoms with Gasteiger partial charge in [-0.15, -0.1) is 0 Å². The number of para-hydroxylation sites is 6. The number of benzene rings is 19. The molecule has 0 amide bonds. The van der Waals surface area contributed by atoms with E-state index in [0.717, 1.165) is 145 Å². The fraction of sp³-hybridized carbons (Fsp3) is 0.120. The van der Waals surface area contributed by atoms with Crippen LogP contribution in [-0.2, 0) is 0 Å². The summed E-state index contributed by atoms with van der Waals surface area (Å²) in [6, 6.07) is 170. The first kappa shape index (κ1) is 90.5. The maximum Gasteiger partial charge on any atom is 0.121 e. The second-order valence-electron chi connectivity index (χ2n) is 36.7. The van der Waals surface area contributed by atoms with E-state index in [4.69, 9.17) is 9.47 Å². The predicted molar refractivity (Wildman–Crippen MR) is 596 cm³/mol. The second kappa shape index (κ2) is 41.5. The molecule has 0 atom stereocenters. The highest BCUT2D eigenvalue weighted by atomic mass is 16.5. The van der Waals surface area contributed by atoms with Crippen molar-refractivity contribution >= 4 is 150 Å². The van der Waals surface area contributed by atoms with Gasteiger partial charge in [-0.3, -0.25) is 0 Å². The van der Waals surface area contributed by atoms with Gasteiger partial charge in [0.05, 0.1) is 46.9 Å². The standard InChI is InChI=1S/C47H42N2O2.C47H38N2.C38H28N2.CH4/c1-3-28-50-36-24-26-42-40-10-5-7-14-44(40)48(46(42)30-36)34-20-16-32(17-21-34)38-12-9-13-39(38)33-18-22-35(23-19-33)49-45-15-8-6-11-41(45)43-27-25-37(31-47(43)49)51-29-4-2;1-6-16-36(17-7-1)39-34-46(37-26-30-44(31-27-37)48(40-18-8-2-9-19-40)41-20-10-3-11-21-41)47(35-39)38-28-32-45(33-29-38)49(42-22-12-4-13-23-42)43-24-14-5-15-25-43;39-26-27-12-14-30(15-13-27)37-10-5-11-38(37)31-18-20-34(21-19-31)40(35-22-16-28-6-1-3-8-32(28)24-35)36-23-17-29-7-2-4-9-33(29)25-36;/h5-8,10-11,14-27,30-31H,3-4,9,12-13,28-29H2,1-2H3;1-33,39H,34-35H2;1-4,6-9,12-25H,5,10-11H2;1H4. The minimum atomic E-state index is 0. The summed E-state index contributed by atoms with van der Waals surface area (Å²) >= 11 is 0. The topological polar surface area (TPSA) is 61.8 Å². The lowest BCUT2D eigenvalue weighted by Gasteiger charge is -2.26. The number of fused-ring (bicyclic) bond motifs is 8. The van der Waals surface area contributed by atoms with Crippen LogP contribution in [0.15, 0.2) is 467 Å². The van der Waals surface area contributed by atoms with Crippen molar-refractivity contribution in [1.29, 1.82) is 5.26 Å². The zero-order valence-corrected chi connectivity index (χ0v) is 79.0. The van der Waals surface area contributed by atoms with E-state index >= 15 is 0 Å². The van der Waals surface area contributed by atoms with Gasteiger partial charge in [0.1, 0.15) is 11.5 Å². The lowest BCUT2D eigenvalue weighted by Crippen LogP contribution is -2.10. The third-order valence-electron chi connectivity index (χ3n) is 28.0. The van der Waals surface area contributed by atoms with Crippen LogP contribution in [0.4, 0.5) is 51.2 Å². The maximum atomic E-state index is 9.20. The molecule has 141 heavy (non-hydrogen) atoms. The Morgan fingerprint density at radius 3 is 0.901 bits per heavy atom. The van der Waals surface area contributed by atoms with Gasteiger partial charge in [0.25, 0.3) is 0 Å². The Hall–Kier alpha value is -17.0. The van der Waals surface area contributed by atoms with Crippen molar-refractivity contribution in [2.45, 2.75) is 91.4 Å². The average molecular weight is 1830 g/mol. The van der Waals surface area contributed by atoms with E-state index in [2.05, 4.69) is 499 Å². The molecular weight excluding hydrogens is 1710 g/mol. The maximum absolute atomic E-state index is 9.20. The number of nitriles is 1. The van der Waals surface area contributed by atoms with Crippen LogP contribution in [0.5, 0.6) is 11.5 Å². The number of hydrogen-bond donors (Lipinski definition) is 0. The van der Waals surface area contributed by atoms with E-state index < -0.39 is 0 Å². The van der Waals surface area contributed by atoms with Crippen molar-refractivity contribution in [2.24, 2.45) is 0 Å². The van der Waals surface area contributed by atoms with Gasteiger partial charge < -0.3 is 33.3 Å². The molecule has 21 aromatic rings. The Labute approximate surface area is 827 Å². The molecule has 8 nitrogen and oxygen atoms in total. The molecule has 8 heteroatoms. The van der Waals surface area contributed by atoms with E-state index in [1.165, 1.54) is 144 Å². The highest BCUT2D eigenvalue weighted by Crippen LogP contribution is 2.51.